The lowest BCUT2D eigenvalue weighted by Crippen LogP contribution is -2.13. The van der Waals surface area contributed by atoms with Crippen molar-refractivity contribution in [2.24, 2.45) is 5.73 Å². The Kier molecular flexibility index (Phi) is 3.58. The molecule has 0 saturated heterocycles. The number of nitrogens with two attached hydrogens (primary N) is 1. The minimum atomic E-state index is -0.406. The maximum atomic E-state index is 13.8. The standard InChI is InChI=1S/C12H16FNO/c1-7-6-8(2)12(13)11(9(7)3)10(15)4-5-14/h6H,4-5,14H2,1-3H3. The van der Waals surface area contributed by atoms with Crippen molar-refractivity contribution in [1.29, 1.82) is 0 Å². The SMILES string of the molecule is Cc1cc(C)c(F)c(C(=O)CCN)c1C. The molecule has 0 radical (unpaired) electrons. The average molecular weight is 209 g/mol. The summed E-state index contributed by atoms with van der Waals surface area (Å²) in [5.41, 5.74) is 7.68. The highest BCUT2D eigenvalue weighted by Gasteiger charge is 2.17. The van der Waals surface area contributed by atoms with Crippen molar-refractivity contribution in [3.63, 3.8) is 0 Å². The van der Waals surface area contributed by atoms with Gasteiger partial charge in [0.25, 0.3) is 0 Å². The molecule has 3 heteroatoms. The van der Waals surface area contributed by atoms with E-state index in [1.165, 1.54) is 0 Å². The van der Waals surface area contributed by atoms with Gasteiger partial charge in [-0.05, 0) is 44.0 Å². The van der Waals surface area contributed by atoms with Crippen molar-refractivity contribution in [1.82, 2.24) is 0 Å². The first-order valence-electron chi connectivity index (χ1n) is 4.98. The zero-order chi connectivity index (χ0) is 11.6. The number of rotatable bonds is 3. The predicted octanol–water partition coefficient (Wildman–Crippen LogP) is 2.28. The van der Waals surface area contributed by atoms with Crippen molar-refractivity contribution in [3.05, 3.63) is 34.1 Å². The van der Waals surface area contributed by atoms with Crippen LogP contribution in [0.15, 0.2) is 6.07 Å². The van der Waals surface area contributed by atoms with E-state index < -0.39 is 5.82 Å². The molecule has 0 aliphatic rings. The maximum absolute atomic E-state index is 13.8. The third-order valence-electron chi connectivity index (χ3n) is 2.62. The molecule has 0 spiro atoms. The van der Waals surface area contributed by atoms with Crippen molar-refractivity contribution in [2.75, 3.05) is 6.54 Å². The zero-order valence-electron chi connectivity index (χ0n) is 9.36. The number of hydrogen-bond acceptors (Lipinski definition) is 2. The molecule has 1 aromatic rings. The lowest BCUT2D eigenvalue weighted by atomic mass is 9.95. The quantitative estimate of drug-likeness (QED) is 0.776. The highest BCUT2D eigenvalue weighted by Crippen LogP contribution is 2.21. The second-order valence-electron chi connectivity index (χ2n) is 3.79. The van der Waals surface area contributed by atoms with Gasteiger partial charge in [-0.15, -0.1) is 0 Å². The Morgan fingerprint density at radius 1 is 1.33 bits per heavy atom. The molecule has 0 atom stereocenters. The van der Waals surface area contributed by atoms with Gasteiger partial charge in [0.05, 0.1) is 5.56 Å². The summed E-state index contributed by atoms with van der Waals surface area (Å²) in [7, 11) is 0. The van der Waals surface area contributed by atoms with E-state index in [9.17, 15) is 9.18 Å². The summed E-state index contributed by atoms with van der Waals surface area (Å²) >= 11 is 0. The van der Waals surface area contributed by atoms with Crippen LogP contribution >= 0.6 is 0 Å². The summed E-state index contributed by atoms with van der Waals surface area (Å²) in [6.07, 6.45) is 0.195. The highest BCUT2D eigenvalue weighted by atomic mass is 19.1. The Bertz CT molecular complexity index is 373. The summed E-state index contributed by atoms with van der Waals surface area (Å²) in [5, 5.41) is 0. The second-order valence-corrected chi connectivity index (χ2v) is 3.79. The van der Waals surface area contributed by atoms with Crippen molar-refractivity contribution < 1.29 is 9.18 Å². The third kappa shape index (κ3) is 2.23. The monoisotopic (exact) mass is 209 g/mol. The van der Waals surface area contributed by atoms with E-state index in [2.05, 4.69) is 0 Å². The Labute approximate surface area is 89.3 Å². The van der Waals surface area contributed by atoms with Crippen molar-refractivity contribution in [3.8, 4) is 0 Å². The van der Waals surface area contributed by atoms with Crippen LogP contribution in [0.3, 0.4) is 0 Å². The smallest absolute Gasteiger partial charge is 0.167 e. The molecule has 2 N–H and O–H groups in total. The fourth-order valence-electron chi connectivity index (χ4n) is 1.64. The van der Waals surface area contributed by atoms with Gasteiger partial charge >= 0.3 is 0 Å². The number of hydrogen-bond donors (Lipinski definition) is 1. The first kappa shape index (κ1) is 11.9. The van der Waals surface area contributed by atoms with Crippen LogP contribution in [0.5, 0.6) is 0 Å². The first-order valence-corrected chi connectivity index (χ1v) is 4.98. The van der Waals surface area contributed by atoms with Crippen LogP contribution < -0.4 is 5.73 Å². The van der Waals surface area contributed by atoms with Crippen LogP contribution in [0, 0.1) is 26.6 Å². The van der Waals surface area contributed by atoms with Crippen molar-refractivity contribution >= 4 is 5.78 Å². The largest absolute Gasteiger partial charge is 0.330 e. The fourth-order valence-corrected chi connectivity index (χ4v) is 1.64. The molecule has 0 amide bonds. The summed E-state index contributed by atoms with van der Waals surface area (Å²) in [5.74, 6) is -0.615. The lowest BCUT2D eigenvalue weighted by Gasteiger charge is -2.11. The van der Waals surface area contributed by atoms with E-state index in [1.807, 2.05) is 6.92 Å². The number of aryl methyl sites for hydroxylation is 2. The molecule has 2 nitrogen and oxygen atoms in total. The summed E-state index contributed by atoms with van der Waals surface area (Å²) in [6.45, 7) is 5.56. The predicted molar refractivity (Wildman–Crippen MR) is 58.6 cm³/mol. The van der Waals surface area contributed by atoms with Crippen LogP contribution in [0.1, 0.15) is 33.5 Å². The van der Waals surface area contributed by atoms with Crippen molar-refractivity contribution in [2.45, 2.75) is 27.2 Å². The maximum Gasteiger partial charge on any atom is 0.167 e. The summed E-state index contributed by atoms with van der Waals surface area (Å²) < 4.78 is 13.8. The van der Waals surface area contributed by atoms with Gasteiger partial charge in [-0.25, -0.2) is 4.39 Å². The molecule has 1 rings (SSSR count). The minimum Gasteiger partial charge on any atom is -0.330 e. The molecule has 0 saturated carbocycles. The fraction of sp³-hybridized carbons (Fsp3) is 0.417. The highest BCUT2D eigenvalue weighted by molar-refractivity contribution is 5.98. The van der Waals surface area contributed by atoms with Crippen LogP contribution in [-0.4, -0.2) is 12.3 Å². The van der Waals surface area contributed by atoms with E-state index in [0.717, 1.165) is 11.1 Å². The van der Waals surface area contributed by atoms with Crippen LogP contribution in [0.2, 0.25) is 0 Å². The molecule has 0 unspecified atom stereocenters. The molecule has 1 aromatic carbocycles. The zero-order valence-corrected chi connectivity index (χ0v) is 9.36. The molecular formula is C12H16FNO. The number of halogens is 1. The third-order valence-corrected chi connectivity index (χ3v) is 2.62. The number of carbonyl (C=O) groups excluding carboxylic acids is 1. The van der Waals surface area contributed by atoms with Gasteiger partial charge in [0.1, 0.15) is 5.82 Å². The minimum absolute atomic E-state index is 0.195. The first-order chi connectivity index (χ1) is 6.99. The number of carbonyl (C=O) groups is 1. The Morgan fingerprint density at radius 2 is 1.93 bits per heavy atom. The van der Waals surface area contributed by atoms with E-state index in [1.54, 1.807) is 19.9 Å². The average Bonchev–Trinajstić information content (AvgIpc) is 2.16. The second kappa shape index (κ2) is 4.53. The van der Waals surface area contributed by atoms with Gasteiger partial charge in [0.2, 0.25) is 0 Å². The van der Waals surface area contributed by atoms with Crippen LogP contribution in [0.4, 0.5) is 4.39 Å². The Morgan fingerprint density at radius 3 is 2.47 bits per heavy atom. The molecule has 0 aliphatic carbocycles. The Hall–Kier alpha value is -1.22. The van der Waals surface area contributed by atoms with Crippen LogP contribution in [0.25, 0.3) is 0 Å². The number of Topliss-reactive ketones (excluding diaryl/α,β-unsaturated/α-hetero) is 1. The van der Waals surface area contributed by atoms with Crippen LogP contribution in [-0.2, 0) is 0 Å². The van der Waals surface area contributed by atoms with E-state index in [4.69, 9.17) is 5.73 Å². The van der Waals surface area contributed by atoms with Gasteiger partial charge in [0, 0.05) is 6.42 Å². The molecule has 15 heavy (non-hydrogen) atoms. The van der Waals surface area contributed by atoms with E-state index in [-0.39, 0.29) is 24.3 Å². The van der Waals surface area contributed by atoms with Gasteiger partial charge in [-0.2, -0.15) is 0 Å². The Balaban J connectivity index is 3.32. The van der Waals surface area contributed by atoms with Gasteiger partial charge in [-0.3, -0.25) is 4.79 Å². The molecule has 0 bridgehead atoms. The topological polar surface area (TPSA) is 43.1 Å². The molecule has 0 heterocycles. The summed E-state index contributed by atoms with van der Waals surface area (Å²) in [4.78, 5) is 11.7. The van der Waals surface area contributed by atoms with Gasteiger partial charge < -0.3 is 5.73 Å². The molecule has 0 aliphatic heterocycles. The number of ketones is 1. The van der Waals surface area contributed by atoms with E-state index >= 15 is 0 Å². The number of benzene rings is 1. The molecule has 0 aromatic heterocycles. The van der Waals surface area contributed by atoms with Gasteiger partial charge in [-0.1, -0.05) is 6.07 Å². The molecule has 0 fully saturated rings. The molecule has 82 valence electrons. The van der Waals surface area contributed by atoms with E-state index in [0.29, 0.717) is 5.56 Å². The summed E-state index contributed by atoms with van der Waals surface area (Å²) in [6, 6.07) is 1.75. The lowest BCUT2D eigenvalue weighted by molar-refractivity contribution is 0.0980. The normalized spacial score (nSPS) is 10.5. The molecular weight excluding hydrogens is 193 g/mol. The van der Waals surface area contributed by atoms with Gasteiger partial charge in [0.15, 0.2) is 5.78 Å².